The van der Waals surface area contributed by atoms with Crippen molar-refractivity contribution in [3.8, 4) is 0 Å². The Hall–Kier alpha value is -0.870. The number of nitrogens with zero attached hydrogens (tertiary/aromatic N) is 2. The standard InChI is InChI=1S/C13H22ClN3O/c1-4-17-11(13(14)10(3)16-17)8-12(18)9(2)6-5-7-15/h9H,4-8,15H2,1-3H3. The highest BCUT2D eigenvalue weighted by Crippen LogP contribution is 2.22. The van der Waals surface area contributed by atoms with E-state index in [4.69, 9.17) is 17.3 Å². The number of nitrogens with two attached hydrogens (primary N) is 1. The van der Waals surface area contributed by atoms with Crippen LogP contribution in [0, 0.1) is 12.8 Å². The monoisotopic (exact) mass is 271 g/mol. The molecule has 0 aliphatic rings. The lowest BCUT2D eigenvalue weighted by Crippen LogP contribution is -2.17. The third-order valence-electron chi connectivity index (χ3n) is 3.19. The van der Waals surface area contributed by atoms with E-state index in [1.807, 2.05) is 25.5 Å². The molecule has 2 N–H and O–H groups in total. The fourth-order valence-corrected chi connectivity index (χ4v) is 2.16. The smallest absolute Gasteiger partial charge is 0.141 e. The second kappa shape index (κ2) is 6.90. The molecule has 0 radical (unpaired) electrons. The Bertz CT molecular complexity index is 415. The summed E-state index contributed by atoms with van der Waals surface area (Å²) in [5.41, 5.74) is 7.08. The first kappa shape index (κ1) is 15.2. The van der Waals surface area contributed by atoms with Gasteiger partial charge in [-0.25, -0.2) is 0 Å². The van der Waals surface area contributed by atoms with Crippen LogP contribution in [0.25, 0.3) is 0 Å². The maximum Gasteiger partial charge on any atom is 0.141 e. The first-order chi connectivity index (χ1) is 8.51. The van der Waals surface area contributed by atoms with Gasteiger partial charge >= 0.3 is 0 Å². The molecule has 0 spiro atoms. The molecule has 1 unspecified atom stereocenters. The number of aromatic nitrogens is 2. The first-order valence-corrected chi connectivity index (χ1v) is 6.83. The third-order valence-corrected chi connectivity index (χ3v) is 3.68. The summed E-state index contributed by atoms with van der Waals surface area (Å²) in [5.74, 6) is 0.241. The normalized spacial score (nSPS) is 12.7. The molecule has 0 aromatic carbocycles. The molecular weight excluding hydrogens is 250 g/mol. The van der Waals surface area contributed by atoms with Crippen LogP contribution < -0.4 is 5.73 Å². The van der Waals surface area contributed by atoms with Crippen LogP contribution in [0.5, 0.6) is 0 Å². The molecule has 4 nitrogen and oxygen atoms in total. The Labute approximate surface area is 113 Å². The number of carbonyl (C=O) groups is 1. The molecule has 0 fully saturated rings. The molecule has 1 atom stereocenters. The Morgan fingerprint density at radius 1 is 1.56 bits per heavy atom. The van der Waals surface area contributed by atoms with Crippen molar-refractivity contribution in [2.75, 3.05) is 6.54 Å². The summed E-state index contributed by atoms with van der Waals surface area (Å²) < 4.78 is 1.81. The molecule has 0 bridgehead atoms. The lowest BCUT2D eigenvalue weighted by atomic mass is 9.97. The minimum Gasteiger partial charge on any atom is -0.330 e. The molecule has 1 heterocycles. The number of aryl methyl sites for hydroxylation is 2. The fraction of sp³-hybridized carbons (Fsp3) is 0.692. The summed E-state index contributed by atoms with van der Waals surface area (Å²) >= 11 is 6.19. The lowest BCUT2D eigenvalue weighted by molar-refractivity contribution is -0.122. The van der Waals surface area contributed by atoms with Gasteiger partial charge in [0.05, 0.1) is 22.8 Å². The van der Waals surface area contributed by atoms with Crippen molar-refractivity contribution in [3.05, 3.63) is 16.4 Å². The van der Waals surface area contributed by atoms with E-state index >= 15 is 0 Å². The summed E-state index contributed by atoms with van der Waals surface area (Å²) in [6.07, 6.45) is 2.08. The first-order valence-electron chi connectivity index (χ1n) is 6.45. The number of carbonyl (C=O) groups excluding carboxylic acids is 1. The van der Waals surface area contributed by atoms with E-state index in [1.54, 1.807) is 0 Å². The van der Waals surface area contributed by atoms with Crippen molar-refractivity contribution in [1.82, 2.24) is 9.78 Å². The largest absolute Gasteiger partial charge is 0.330 e. The van der Waals surface area contributed by atoms with E-state index in [0.29, 0.717) is 18.0 Å². The van der Waals surface area contributed by atoms with E-state index < -0.39 is 0 Å². The lowest BCUT2D eigenvalue weighted by Gasteiger charge is -2.10. The van der Waals surface area contributed by atoms with Crippen LogP contribution in [-0.4, -0.2) is 22.1 Å². The summed E-state index contributed by atoms with van der Waals surface area (Å²) in [7, 11) is 0. The summed E-state index contributed by atoms with van der Waals surface area (Å²) in [4.78, 5) is 12.1. The van der Waals surface area contributed by atoms with Gasteiger partial charge in [-0.3, -0.25) is 9.48 Å². The van der Waals surface area contributed by atoms with Crippen molar-refractivity contribution < 1.29 is 4.79 Å². The summed E-state index contributed by atoms with van der Waals surface area (Å²) in [5, 5.41) is 4.94. The number of halogens is 1. The van der Waals surface area contributed by atoms with E-state index in [-0.39, 0.29) is 11.7 Å². The Kier molecular flexibility index (Phi) is 5.82. The topological polar surface area (TPSA) is 60.9 Å². The van der Waals surface area contributed by atoms with Gasteiger partial charge in [0.25, 0.3) is 0 Å². The highest BCUT2D eigenvalue weighted by Gasteiger charge is 2.19. The second-order valence-electron chi connectivity index (χ2n) is 4.64. The van der Waals surface area contributed by atoms with Crippen LogP contribution in [0.2, 0.25) is 5.02 Å². The second-order valence-corrected chi connectivity index (χ2v) is 5.01. The maximum absolute atomic E-state index is 12.1. The van der Waals surface area contributed by atoms with Gasteiger partial charge in [-0.2, -0.15) is 5.10 Å². The minimum absolute atomic E-state index is 0.0325. The molecule has 102 valence electrons. The van der Waals surface area contributed by atoms with Crippen molar-refractivity contribution in [1.29, 1.82) is 0 Å². The molecule has 1 aromatic heterocycles. The molecule has 1 rings (SSSR count). The van der Waals surface area contributed by atoms with Crippen LogP contribution in [0.4, 0.5) is 0 Å². The van der Waals surface area contributed by atoms with Crippen molar-refractivity contribution in [2.24, 2.45) is 11.7 Å². The van der Waals surface area contributed by atoms with Crippen LogP contribution in [0.3, 0.4) is 0 Å². The summed E-state index contributed by atoms with van der Waals surface area (Å²) in [6, 6.07) is 0. The van der Waals surface area contributed by atoms with Gasteiger partial charge in [0, 0.05) is 12.5 Å². The average molecular weight is 272 g/mol. The molecule has 0 amide bonds. The summed E-state index contributed by atoms with van der Waals surface area (Å²) in [6.45, 7) is 7.16. The van der Waals surface area contributed by atoms with Gasteiger partial charge in [-0.15, -0.1) is 0 Å². The minimum atomic E-state index is 0.0325. The SMILES string of the molecule is CCn1nc(C)c(Cl)c1CC(=O)C(C)CCCN. The van der Waals surface area contributed by atoms with Gasteiger partial charge in [-0.1, -0.05) is 18.5 Å². The number of Topliss-reactive ketones (excluding diaryl/α,β-unsaturated/α-hetero) is 1. The predicted molar refractivity (Wildman–Crippen MR) is 73.8 cm³/mol. The molecule has 5 heteroatoms. The number of rotatable bonds is 7. The van der Waals surface area contributed by atoms with Gasteiger partial charge in [0.1, 0.15) is 5.78 Å². The van der Waals surface area contributed by atoms with Crippen molar-refractivity contribution >= 4 is 17.4 Å². The molecule has 1 aromatic rings. The molecule has 0 aliphatic heterocycles. The van der Waals surface area contributed by atoms with Crippen LogP contribution in [0.1, 0.15) is 38.1 Å². The maximum atomic E-state index is 12.1. The highest BCUT2D eigenvalue weighted by molar-refractivity contribution is 6.32. The van der Waals surface area contributed by atoms with Crippen molar-refractivity contribution in [3.63, 3.8) is 0 Å². The number of ketones is 1. The van der Waals surface area contributed by atoms with Crippen LogP contribution in [0.15, 0.2) is 0 Å². The van der Waals surface area contributed by atoms with Gasteiger partial charge < -0.3 is 5.73 Å². The van der Waals surface area contributed by atoms with Gasteiger partial charge in [0.15, 0.2) is 0 Å². The van der Waals surface area contributed by atoms with E-state index in [9.17, 15) is 4.79 Å². The van der Waals surface area contributed by atoms with Crippen LogP contribution >= 0.6 is 11.6 Å². The van der Waals surface area contributed by atoms with Crippen LogP contribution in [-0.2, 0) is 17.8 Å². The van der Waals surface area contributed by atoms with E-state index in [1.165, 1.54) is 0 Å². The van der Waals surface area contributed by atoms with Crippen molar-refractivity contribution in [2.45, 2.75) is 46.6 Å². The Morgan fingerprint density at radius 2 is 2.22 bits per heavy atom. The Morgan fingerprint density at radius 3 is 2.78 bits per heavy atom. The zero-order valence-corrected chi connectivity index (χ0v) is 12.1. The molecule has 0 aliphatic carbocycles. The molecule has 0 saturated heterocycles. The fourth-order valence-electron chi connectivity index (χ4n) is 1.96. The molecule has 18 heavy (non-hydrogen) atoms. The van der Waals surface area contributed by atoms with Gasteiger partial charge in [-0.05, 0) is 33.2 Å². The predicted octanol–water partition coefficient (Wildman–Crippen LogP) is 2.35. The quantitative estimate of drug-likeness (QED) is 0.828. The molecule has 0 saturated carbocycles. The third kappa shape index (κ3) is 3.56. The zero-order valence-electron chi connectivity index (χ0n) is 11.4. The molecular formula is C13H22ClN3O. The highest BCUT2D eigenvalue weighted by atomic mass is 35.5. The zero-order chi connectivity index (χ0) is 13.7. The number of hydrogen-bond acceptors (Lipinski definition) is 3. The van der Waals surface area contributed by atoms with Gasteiger partial charge in [0.2, 0.25) is 0 Å². The Balaban J connectivity index is 2.75. The number of hydrogen-bond donors (Lipinski definition) is 1. The van der Waals surface area contributed by atoms with E-state index in [2.05, 4.69) is 5.10 Å². The van der Waals surface area contributed by atoms with E-state index in [0.717, 1.165) is 30.8 Å². The average Bonchev–Trinajstić information content (AvgIpc) is 2.63.